The number of hydrogen-bond donors (Lipinski definition) is 1. The molecule has 0 amide bonds. The summed E-state index contributed by atoms with van der Waals surface area (Å²) >= 11 is 0. The molecule has 2 N–H and O–H groups in total. The van der Waals surface area contributed by atoms with Crippen LogP contribution in [-0.2, 0) is 6.18 Å². The van der Waals surface area contributed by atoms with Crippen LogP contribution in [0.3, 0.4) is 0 Å². The molecular formula is C12H15F3N2. The van der Waals surface area contributed by atoms with E-state index in [1.165, 1.54) is 6.20 Å². The highest BCUT2D eigenvalue weighted by Crippen LogP contribution is 2.43. The average Bonchev–Trinajstić information content (AvgIpc) is 3.10. The third kappa shape index (κ3) is 2.60. The van der Waals surface area contributed by atoms with Crippen LogP contribution in [0.4, 0.5) is 13.2 Å². The maximum Gasteiger partial charge on any atom is 0.416 e. The Morgan fingerprint density at radius 2 is 2.06 bits per heavy atom. The molecule has 94 valence electrons. The number of alkyl halides is 3. The molecule has 1 heterocycles. The molecule has 1 fully saturated rings. The zero-order valence-electron chi connectivity index (χ0n) is 9.54. The van der Waals surface area contributed by atoms with Crippen molar-refractivity contribution < 1.29 is 13.2 Å². The minimum absolute atomic E-state index is 0.0697. The van der Waals surface area contributed by atoms with Gasteiger partial charge in [0.15, 0.2) is 0 Å². The largest absolute Gasteiger partial charge is 0.416 e. The lowest BCUT2D eigenvalue weighted by atomic mass is 9.90. The minimum Gasteiger partial charge on any atom is -0.324 e. The first-order valence-corrected chi connectivity index (χ1v) is 5.68. The summed E-state index contributed by atoms with van der Waals surface area (Å²) in [5.41, 5.74) is 5.39. The van der Waals surface area contributed by atoms with Crippen molar-refractivity contribution in [2.45, 2.75) is 32.0 Å². The van der Waals surface area contributed by atoms with Crippen molar-refractivity contribution in [3.8, 4) is 0 Å². The van der Waals surface area contributed by atoms with E-state index in [0.29, 0.717) is 5.92 Å². The van der Waals surface area contributed by atoms with Crippen LogP contribution in [0.25, 0.3) is 0 Å². The molecule has 1 aromatic rings. The molecule has 1 saturated carbocycles. The Morgan fingerprint density at radius 1 is 1.41 bits per heavy atom. The van der Waals surface area contributed by atoms with E-state index in [-0.39, 0.29) is 11.5 Å². The minimum atomic E-state index is -4.36. The monoisotopic (exact) mass is 244 g/mol. The van der Waals surface area contributed by atoms with Gasteiger partial charge in [0.05, 0.1) is 5.56 Å². The van der Waals surface area contributed by atoms with Crippen molar-refractivity contribution in [2.24, 2.45) is 17.6 Å². The van der Waals surface area contributed by atoms with Gasteiger partial charge in [-0.3, -0.25) is 4.98 Å². The summed E-state index contributed by atoms with van der Waals surface area (Å²) in [6.45, 7) is 1.91. The molecule has 2 nitrogen and oxygen atoms in total. The van der Waals surface area contributed by atoms with Gasteiger partial charge in [0.2, 0.25) is 0 Å². The number of rotatable bonds is 3. The maximum absolute atomic E-state index is 12.8. The highest BCUT2D eigenvalue weighted by atomic mass is 19.4. The van der Waals surface area contributed by atoms with Gasteiger partial charge in [0, 0.05) is 18.4 Å². The zero-order chi connectivity index (χ0) is 12.6. The molecule has 0 saturated heterocycles. The van der Waals surface area contributed by atoms with Gasteiger partial charge in [-0.05, 0) is 36.3 Å². The van der Waals surface area contributed by atoms with Crippen molar-refractivity contribution in [3.05, 3.63) is 29.6 Å². The fourth-order valence-corrected chi connectivity index (χ4v) is 2.13. The van der Waals surface area contributed by atoms with E-state index in [9.17, 15) is 13.2 Å². The summed E-state index contributed by atoms with van der Waals surface area (Å²) in [7, 11) is 0. The molecule has 0 spiro atoms. The predicted octanol–water partition coefficient (Wildman–Crippen LogP) is 3.15. The SMILES string of the molecule is CC(C1CC1)C(N)c1cnccc1C(F)(F)F. The number of aromatic nitrogens is 1. The van der Waals surface area contributed by atoms with E-state index in [0.717, 1.165) is 25.1 Å². The van der Waals surface area contributed by atoms with Crippen LogP contribution in [0.15, 0.2) is 18.5 Å². The highest BCUT2D eigenvalue weighted by molar-refractivity contribution is 5.29. The topological polar surface area (TPSA) is 38.9 Å². The van der Waals surface area contributed by atoms with Gasteiger partial charge in [-0.1, -0.05) is 6.92 Å². The summed E-state index contributed by atoms with van der Waals surface area (Å²) in [5, 5.41) is 0. The smallest absolute Gasteiger partial charge is 0.324 e. The molecule has 0 aliphatic heterocycles. The number of halogens is 3. The molecule has 0 radical (unpaired) electrons. The third-order valence-corrected chi connectivity index (χ3v) is 3.45. The van der Waals surface area contributed by atoms with E-state index >= 15 is 0 Å². The maximum atomic E-state index is 12.8. The lowest BCUT2D eigenvalue weighted by molar-refractivity contribution is -0.138. The van der Waals surface area contributed by atoms with Crippen molar-refractivity contribution in [2.75, 3.05) is 0 Å². The van der Waals surface area contributed by atoms with Crippen LogP contribution in [0.2, 0.25) is 0 Å². The standard InChI is InChI=1S/C12H15F3N2/c1-7(8-2-3-8)11(16)9-6-17-5-4-10(9)12(13,14)15/h4-8,11H,2-3,16H2,1H3. The number of pyridine rings is 1. The molecule has 2 unspecified atom stereocenters. The van der Waals surface area contributed by atoms with Gasteiger partial charge < -0.3 is 5.73 Å². The number of hydrogen-bond acceptors (Lipinski definition) is 2. The summed E-state index contributed by atoms with van der Waals surface area (Å²) in [6.07, 6.45) is 0.166. The molecule has 1 aliphatic carbocycles. The van der Waals surface area contributed by atoms with Crippen molar-refractivity contribution in [1.29, 1.82) is 0 Å². The van der Waals surface area contributed by atoms with E-state index in [2.05, 4.69) is 4.98 Å². The van der Waals surface area contributed by atoms with Crippen LogP contribution < -0.4 is 5.73 Å². The van der Waals surface area contributed by atoms with Crippen molar-refractivity contribution in [1.82, 2.24) is 4.98 Å². The summed E-state index contributed by atoms with van der Waals surface area (Å²) in [6, 6.07) is 0.405. The highest BCUT2D eigenvalue weighted by Gasteiger charge is 2.38. The Labute approximate surface area is 98.0 Å². The fourth-order valence-electron chi connectivity index (χ4n) is 2.13. The second-order valence-corrected chi connectivity index (χ2v) is 4.68. The first-order chi connectivity index (χ1) is 7.91. The normalized spacial score (nSPS) is 20.1. The van der Waals surface area contributed by atoms with Crippen LogP contribution >= 0.6 is 0 Å². The molecule has 2 atom stereocenters. The Morgan fingerprint density at radius 3 is 2.59 bits per heavy atom. The first-order valence-electron chi connectivity index (χ1n) is 5.68. The molecular weight excluding hydrogens is 229 g/mol. The molecule has 0 bridgehead atoms. The van der Waals surface area contributed by atoms with Crippen LogP contribution in [0, 0.1) is 11.8 Å². The van der Waals surface area contributed by atoms with Gasteiger partial charge in [-0.2, -0.15) is 13.2 Å². The van der Waals surface area contributed by atoms with E-state index in [1.807, 2.05) is 6.92 Å². The van der Waals surface area contributed by atoms with Crippen LogP contribution in [-0.4, -0.2) is 4.98 Å². The number of nitrogens with two attached hydrogens (primary N) is 1. The van der Waals surface area contributed by atoms with E-state index < -0.39 is 17.8 Å². The second-order valence-electron chi connectivity index (χ2n) is 4.68. The molecule has 1 aromatic heterocycles. The van der Waals surface area contributed by atoms with Crippen molar-refractivity contribution in [3.63, 3.8) is 0 Å². The average molecular weight is 244 g/mol. The Hall–Kier alpha value is -1.10. The van der Waals surface area contributed by atoms with Gasteiger partial charge >= 0.3 is 6.18 Å². The number of nitrogens with zero attached hydrogens (tertiary/aromatic N) is 1. The quantitative estimate of drug-likeness (QED) is 0.887. The van der Waals surface area contributed by atoms with Gasteiger partial charge in [0.25, 0.3) is 0 Å². The predicted molar refractivity (Wildman–Crippen MR) is 58.1 cm³/mol. The molecule has 1 aliphatic rings. The Balaban J connectivity index is 2.30. The van der Waals surface area contributed by atoms with Gasteiger partial charge in [-0.15, -0.1) is 0 Å². The molecule has 0 aromatic carbocycles. The van der Waals surface area contributed by atoms with Gasteiger partial charge in [0.1, 0.15) is 0 Å². The lowest BCUT2D eigenvalue weighted by Gasteiger charge is -2.23. The van der Waals surface area contributed by atoms with E-state index in [4.69, 9.17) is 5.73 Å². The third-order valence-electron chi connectivity index (χ3n) is 3.45. The fraction of sp³-hybridized carbons (Fsp3) is 0.583. The summed E-state index contributed by atoms with van der Waals surface area (Å²) < 4.78 is 38.4. The van der Waals surface area contributed by atoms with Crippen molar-refractivity contribution >= 4 is 0 Å². The summed E-state index contributed by atoms with van der Waals surface area (Å²) in [4.78, 5) is 3.76. The molecule has 5 heteroatoms. The zero-order valence-corrected chi connectivity index (χ0v) is 9.54. The summed E-state index contributed by atoms with van der Waals surface area (Å²) in [5.74, 6) is 0.534. The Bertz CT molecular complexity index is 399. The van der Waals surface area contributed by atoms with Gasteiger partial charge in [-0.25, -0.2) is 0 Å². The Kier molecular flexibility index (Phi) is 3.12. The first kappa shape index (κ1) is 12.4. The second kappa shape index (κ2) is 4.29. The lowest BCUT2D eigenvalue weighted by Crippen LogP contribution is -2.24. The van der Waals surface area contributed by atoms with Crippen LogP contribution in [0.5, 0.6) is 0 Å². The molecule has 17 heavy (non-hydrogen) atoms. The molecule has 2 rings (SSSR count). The van der Waals surface area contributed by atoms with Crippen LogP contribution in [0.1, 0.15) is 36.9 Å². The van der Waals surface area contributed by atoms with E-state index in [1.54, 1.807) is 0 Å².